The van der Waals surface area contributed by atoms with E-state index in [9.17, 15) is 0 Å². The molecule has 1 aliphatic rings. The largest absolute Gasteiger partial charge is 0.385 e. The molecule has 70 valence electrons. The van der Waals surface area contributed by atoms with Gasteiger partial charge in [-0.05, 0) is 30.4 Å². The van der Waals surface area contributed by atoms with Gasteiger partial charge in [0.1, 0.15) is 0 Å². The highest BCUT2D eigenvalue weighted by molar-refractivity contribution is 5.42. The van der Waals surface area contributed by atoms with Crippen LogP contribution in [0.3, 0.4) is 0 Å². The second kappa shape index (κ2) is 3.82. The Hall–Kier alpha value is -0.980. The summed E-state index contributed by atoms with van der Waals surface area (Å²) in [4.78, 5) is 0. The average Bonchev–Trinajstić information content (AvgIpc) is 2.17. The summed E-state index contributed by atoms with van der Waals surface area (Å²) >= 11 is 0. The molecule has 0 aliphatic heterocycles. The molecule has 2 rings (SSSR count). The maximum absolute atomic E-state index is 3.48. The van der Waals surface area contributed by atoms with Crippen LogP contribution in [0.4, 0.5) is 5.69 Å². The summed E-state index contributed by atoms with van der Waals surface area (Å²) in [6.07, 6.45) is 2.82. The van der Waals surface area contributed by atoms with Gasteiger partial charge in [-0.2, -0.15) is 0 Å². The van der Waals surface area contributed by atoms with Crippen LogP contribution in [-0.2, 0) is 0 Å². The first kappa shape index (κ1) is 8.61. The molecular formula is C12H17N. The van der Waals surface area contributed by atoms with Crippen molar-refractivity contribution in [1.82, 2.24) is 0 Å². The summed E-state index contributed by atoms with van der Waals surface area (Å²) in [5, 5.41) is 3.48. The predicted octanol–water partition coefficient (Wildman–Crippen LogP) is 3.14. The minimum Gasteiger partial charge on any atom is -0.385 e. The predicted molar refractivity (Wildman–Crippen MR) is 56.8 cm³/mol. The van der Waals surface area contributed by atoms with Crippen molar-refractivity contribution in [3.05, 3.63) is 30.3 Å². The van der Waals surface area contributed by atoms with Crippen LogP contribution >= 0.6 is 0 Å². The normalized spacial score (nSPS) is 26.5. The Bertz CT molecular complexity index is 255. The molecule has 2 atom stereocenters. The van der Waals surface area contributed by atoms with Gasteiger partial charge in [0.2, 0.25) is 0 Å². The molecule has 0 saturated heterocycles. The highest BCUT2D eigenvalue weighted by atomic mass is 14.9. The van der Waals surface area contributed by atoms with Crippen molar-refractivity contribution in [3.8, 4) is 0 Å². The van der Waals surface area contributed by atoms with Gasteiger partial charge in [0.25, 0.3) is 0 Å². The fourth-order valence-electron chi connectivity index (χ4n) is 1.84. The van der Waals surface area contributed by atoms with Gasteiger partial charge in [0.15, 0.2) is 0 Å². The van der Waals surface area contributed by atoms with Gasteiger partial charge < -0.3 is 5.32 Å². The third-order valence-electron chi connectivity index (χ3n) is 3.14. The first-order valence-electron chi connectivity index (χ1n) is 5.15. The molecule has 0 radical (unpaired) electrons. The van der Waals surface area contributed by atoms with Crippen LogP contribution in [0, 0.1) is 11.8 Å². The number of anilines is 1. The second-order valence-electron chi connectivity index (χ2n) is 4.06. The quantitative estimate of drug-likeness (QED) is 0.744. The van der Waals surface area contributed by atoms with Gasteiger partial charge in [-0.25, -0.2) is 0 Å². The third-order valence-corrected chi connectivity index (χ3v) is 3.14. The fraction of sp³-hybridized carbons (Fsp3) is 0.500. The van der Waals surface area contributed by atoms with Gasteiger partial charge in [0, 0.05) is 12.2 Å². The maximum atomic E-state index is 3.48. The van der Waals surface area contributed by atoms with Crippen molar-refractivity contribution >= 4 is 5.69 Å². The van der Waals surface area contributed by atoms with E-state index in [0.717, 1.165) is 18.4 Å². The van der Waals surface area contributed by atoms with Gasteiger partial charge in [0.05, 0.1) is 0 Å². The highest BCUT2D eigenvalue weighted by Crippen LogP contribution is 2.33. The van der Waals surface area contributed by atoms with E-state index in [2.05, 4.69) is 42.6 Å². The lowest BCUT2D eigenvalue weighted by atomic mass is 9.75. The fourth-order valence-corrected chi connectivity index (χ4v) is 1.84. The SMILES string of the molecule is C[C@@H]1CC[C@H]1CNc1ccccc1. The number of rotatable bonds is 3. The molecule has 1 saturated carbocycles. The molecule has 13 heavy (non-hydrogen) atoms. The number of para-hydroxylation sites is 1. The van der Waals surface area contributed by atoms with Crippen LogP contribution in [0.2, 0.25) is 0 Å². The third kappa shape index (κ3) is 2.03. The topological polar surface area (TPSA) is 12.0 Å². The van der Waals surface area contributed by atoms with Crippen molar-refractivity contribution in [2.45, 2.75) is 19.8 Å². The van der Waals surface area contributed by atoms with E-state index in [0.29, 0.717) is 0 Å². The van der Waals surface area contributed by atoms with Gasteiger partial charge >= 0.3 is 0 Å². The number of nitrogens with one attached hydrogen (secondary N) is 1. The van der Waals surface area contributed by atoms with E-state index in [-0.39, 0.29) is 0 Å². The maximum Gasteiger partial charge on any atom is 0.0340 e. The molecule has 0 bridgehead atoms. The molecule has 0 amide bonds. The molecule has 1 heteroatoms. The van der Waals surface area contributed by atoms with Gasteiger partial charge in [-0.1, -0.05) is 31.5 Å². The molecule has 0 aromatic heterocycles. The summed E-state index contributed by atoms with van der Waals surface area (Å²) in [5.74, 6) is 1.83. The highest BCUT2D eigenvalue weighted by Gasteiger charge is 2.25. The van der Waals surface area contributed by atoms with Crippen LogP contribution < -0.4 is 5.32 Å². The van der Waals surface area contributed by atoms with Gasteiger partial charge in [-0.3, -0.25) is 0 Å². The lowest BCUT2D eigenvalue weighted by molar-refractivity contribution is 0.210. The van der Waals surface area contributed by atoms with Crippen molar-refractivity contribution in [2.24, 2.45) is 11.8 Å². The lowest BCUT2D eigenvalue weighted by Crippen LogP contribution is -2.29. The molecule has 1 aliphatic carbocycles. The molecule has 1 N–H and O–H groups in total. The standard InChI is InChI=1S/C12H17N/c1-10-7-8-11(10)9-13-12-5-3-2-4-6-12/h2-6,10-11,13H,7-9H2,1H3/t10-,11+/m1/s1. The molecule has 0 heterocycles. The van der Waals surface area contributed by atoms with Crippen LogP contribution in [-0.4, -0.2) is 6.54 Å². The first-order chi connectivity index (χ1) is 6.36. The van der Waals surface area contributed by atoms with Crippen LogP contribution in [0.1, 0.15) is 19.8 Å². The zero-order chi connectivity index (χ0) is 9.10. The summed E-state index contributed by atoms with van der Waals surface area (Å²) in [5.41, 5.74) is 1.25. The van der Waals surface area contributed by atoms with Crippen LogP contribution in [0.5, 0.6) is 0 Å². The molecule has 1 aromatic rings. The van der Waals surface area contributed by atoms with E-state index >= 15 is 0 Å². The summed E-state index contributed by atoms with van der Waals surface area (Å²) < 4.78 is 0. The van der Waals surface area contributed by atoms with Crippen molar-refractivity contribution in [1.29, 1.82) is 0 Å². The van der Waals surface area contributed by atoms with Crippen LogP contribution in [0.15, 0.2) is 30.3 Å². The number of hydrogen-bond donors (Lipinski definition) is 1. The molecule has 1 aromatic carbocycles. The molecule has 0 spiro atoms. The van der Waals surface area contributed by atoms with E-state index in [4.69, 9.17) is 0 Å². The monoisotopic (exact) mass is 175 g/mol. The number of hydrogen-bond acceptors (Lipinski definition) is 1. The molecule has 0 unspecified atom stereocenters. The Kier molecular flexibility index (Phi) is 2.53. The van der Waals surface area contributed by atoms with Crippen molar-refractivity contribution in [2.75, 3.05) is 11.9 Å². The van der Waals surface area contributed by atoms with E-state index in [1.54, 1.807) is 0 Å². The molecule has 1 fully saturated rings. The van der Waals surface area contributed by atoms with E-state index < -0.39 is 0 Å². The second-order valence-corrected chi connectivity index (χ2v) is 4.06. The number of benzene rings is 1. The first-order valence-corrected chi connectivity index (χ1v) is 5.15. The summed E-state index contributed by atoms with van der Waals surface area (Å²) in [7, 11) is 0. The zero-order valence-electron chi connectivity index (χ0n) is 8.16. The Morgan fingerprint density at radius 1 is 1.23 bits per heavy atom. The minimum atomic E-state index is 0.903. The molecule has 1 nitrogen and oxygen atoms in total. The Balaban J connectivity index is 1.80. The smallest absolute Gasteiger partial charge is 0.0340 e. The zero-order valence-corrected chi connectivity index (χ0v) is 8.16. The molecular weight excluding hydrogens is 158 g/mol. The van der Waals surface area contributed by atoms with Crippen LogP contribution in [0.25, 0.3) is 0 Å². The average molecular weight is 175 g/mol. The summed E-state index contributed by atoms with van der Waals surface area (Å²) in [6.45, 7) is 3.49. The Morgan fingerprint density at radius 3 is 2.54 bits per heavy atom. The Labute approximate surface area is 80.2 Å². The van der Waals surface area contributed by atoms with Crippen molar-refractivity contribution < 1.29 is 0 Å². The van der Waals surface area contributed by atoms with E-state index in [1.165, 1.54) is 18.5 Å². The van der Waals surface area contributed by atoms with E-state index in [1.807, 2.05) is 0 Å². The Morgan fingerprint density at radius 2 is 2.00 bits per heavy atom. The summed E-state index contributed by atoms with van der Waals surface area (Å²) in [6, 6.07) is 10.5. The van der Waals surface area contributed by atoms with Gasteiger partial charge in [-0.15, -0.1) is 0 Å². The minimum absolute atomic E-state index is 0.903. The van der Waals surface area contributed by atoms with Crippen molar-refractivity contribution in [3.63, 3.8) is 0 Å². The lowest BCUT2D eigenvalue weighted by Gasteiger charge is -2.34.